The zero-order valence-corrected chi connectivity index (χ0v) is 11.5. The normalized spacial score (nSPS) is 16.6. The van der Waals surface area contributed by atoms with Crippen molar-refractivity contribution in [1.82, 2.24) is 5.32 Å². The van der Waals surface area contributed by atoms with Gasteiger partial charge in [0.25, 0.3) is 0 Å². The van der Waals surface area contributed by atoms with Gasteiger partial charge in [0.2, 0.25) is 5.91 Å². The summed E-state index contributed by atoms with van der Waals surface area (Å²) in [4.78, 5) is 11.4. The van der Waals surface area contributed by atoms with Crippen molar-refractivity contribution in [3.63, 3.8) is 0 Å². The van der Waals surface area contributed by atoms with Gasteiger partial charge in [0.15, 0.2) is 0 Å². The third kappa shape index (κ3) is 3.53. The van der Waals surface area contributed by atoms with Crippen molar-refractivity contribution in [3.05, 3.63) is 34.1 Å². The molecular formula is C13H16BrFN2O. The molecule has 0 bridgehead atoms. The zero-order valence-electron chi connectivity index (χ0n) is 9.96. The summed E-state index contributed by atoms with van der Waals surface area (Å²) in [5.41, 5.74) is 5.99. The Morgan fingerprint density at radius 1 is 1.56 bits per heavy atom. The molecule has 0 unspecified atom stereocenters. The molecule has 1 fully saturated rings. The Labute approximate surface area is 114 Å². The molecule has 0 radical (unpaired) electrons. The van der Waals surface area contributed by atoms with E-state index in [1.54, 1.807) is 12.1 Å². The third-order valence-electron chi connectivity index (χ3n) is 3.17. The van der Waals surface area contributed by atoms with Gasteiger partial charge in [-0.25, -0.2) is 4.39 Å². The maximum absolute atomic E-state index is 13.4. The summed E-state index contributed by atoms with van der Waals surface area (Å²) < 4.78 is 13.8. The number of carbonyl (C=O) groups excluding carboxylic acids is 1. The molecule has 0 aliphatic heterocycles. The molecule has 0 heterocycles. The summed E-state index contributed by atoms with van der Waals surface area (Å²) in [7, 11) is 0. The zero-order chi connectivity index (χ0) is 13.1. The van der Waals surface area contributed by atoms with Crippen molar-refractivity contribution in [2.24, 2.45) is 11.7 Å². The van der Waals surface area contributed by atoms with E-state index in [0.717, 1.165) is 12.5 Å². The van der Waals surface area contributed by atoms with E-state index in [-0.39, 0.29) is 5.82 Å². The van der Waals surface area contributed by atoms with Crippen molar-refractivity contribution >= 4 is 21.8 Å². The first-order valence-corrected chi connectivity index (χ1v) is 6.82. The van der Waals surface area contributed by atoms with Crippen LogP contribution < -0.4 is 11.1 Å². The SMILES string of the molecule is NC(=O)[C@H](CNCC1CC1)c1ccc(Br)c(F)c1. The topological polar surface area (TPSA) is 55.1 Å². The van der Waals surface area contributed by atoms with Crippen LogP contribution in [0.5, 0.6) is 0 Å². The Balaban J connectivity index is 2.02. The molecule has 1 amide bonds. The lowest BCUT2D eigenvalue weighted by Crippen LogP contribution is -2.32. The van der Waals surface area contributed by atoms with E-state index in [4.69, 9.17) is 5.73 Å². The van der Waals surface area contributed by atoms with E-state index < -0.39 is 11.8 Å². The molecule has 3 nitrogen and oxygen atoms in total. The summed E-state index contributed by atoms with van der Waals surface area (Å²) >= 11 is 3.09. The highest BCUT2D eigenvalue weighted by atomic mass is 79.9. The van der Waals surface area contributed by atoms with Crippen LogP contribution in [0, 0.1) is 11.7 Å². The monoisotopic (exact) mass is 314 g/mol. The van der Waals surface area contributed by atoms with Gasteiger partial charge in [-0.3, -0.25) is 4.79 Å². The van der Waals surface area contributed by atoms with Crippen LogP contribution in [-0.4, -0.2) is 19.0 Å². The first kappa shape index (κ1) is 13.5. The Morgan fingerprint density at radius 2 is 2.28 bits per heavy atom. The Hall–Kier alpha value is -0.940. The molecule has 3 N–H and O–H groups in total. The molecule has 1 aromatic rings. The van der Waals surface area contributed by atoms with Gasteiger partial charge < -0.3 is 11.1 Å². The number of nitrogens with two attached hydrogens (primary N) is 1. The van der Waals surface area contributed by atoms with Crippen LogP contribution >= 0.6 is 15.9 Å². The van der Waals surface area contributed by atoms with Crippen LogP contribution in [0.1, 0.15) is 24.3 Å². The second-order valence-corrected chi connectivity index (χ2v) is 5.58. The van der Waals surface area contributed by atoms with Crippen LogP contribution in [0.3, 0.4) is 0 Å². The van der Waals surface area contributed by atoms with Gasteiger partial charge in [-0.15, -0.1) is 0 Å². The molecule has 5 heteroatoms. The first-order chi connectivity index (χ1) is 8.58. The van der Waals surface area contributed by atoms with E-state index in [9.17, 15) is 9.18 Å². The van der Waals surface area contributed by atoms with Gasteiger partial charge in [-0.2, -0.15) is 0 Å². The summed E-state index contributed by atoms with van der Waals surface area (Å²) in [6.45, 7) is 1.37. The fraction of sp³-hybridized carbons (Fsp3) is 0.462. The van der Waals surface area contributed by atoms with Gasteiger partial charge >= 0.3 is 0 Å². The van der Waals surface area contributed by atoms with Crippen LogP contribution in [0.25, 0.3) is 0 Å². The smallest absolute Gasteiger partial charge is 0.226 e. The van der Waals surface area contributed by atoms with E-state index in [1.807, 2.05) is 0 Å². The molecule has 1 aliphatic rings. The minimum absolute atomic E-state index is 0.374. The number of halogens is 2. The summed E-state index contributed by atoms with van der Waals surface area (Å²) in [6, 6.07) is 4.68. The quantitative estimate of drug-likeness (QED) is 0.845. The molecule has 1 atom stereocenters. The second kappa shape index (κ2) is 5.80. The first-order valence-electron chi connectivity index (χ1n) is 6.03. The van der Waals surface area contributed by atoms with Crippen molar-refractivity contribution in [3.8, 4) is 0 Å². The number of hydrogen-bond donors (Lipinski definition) is 2. The maximum atomic E-state index is 13.4. The number of hydrogen-bond acceptors (Lipinski definition) is 2. The highest BCUT2D eigenvalue weighted by Gasteiger charge is 2.23. The second-order valence-electron chi connectivity index (χ2n) is 4.73. The van der Waals surface area contributed by atoms with Crippen molar-refractivity contribution in [2.75, 3.05) is 13.1 Å². The van der Waals surface area contributed by atoms with Crippen molar-refractivity contribution in [2.45, 2.75) is 18.8 Å². The van der Waals surface area contributed by atoms with Crippen LogP contribution in [-0.2, 0) is 4.79 Å². The Bertz CT molecular complexity index is 449. The van der Waals surface area contributed by atoms with Crippen LogP contribution in [0.4, 0.5) is 4.39 Å². The van der Waals surface area contributed by atoms with Crippen molar-refractivity contribution < 1.29 is 9.18 Å². The molecule has 0 aromatic heterocycles. The van der Waals surface area contributed by atoms with Crippen molar-refractivity contribution in [1.29, 1.82) is 0 Å². The fourth-order valence-corrected chi connectivity index (χ4v) is 2.11. The highest BCUT2D eigenvalue weighted by molar-refractivity contribution is 9.10. The molecule has 0 saturated heterocycles. The number of carbonyl (C=O) groups is 1. The minimum Gasteiger partial charge on any atom is -0.369 e. The average molecular weight is 315 g/mol. The minimum atomic E-state index is -0.480. The number of amides is 1. The lowest BCUT2D eigenvalue weighted by atomic mass is 9.98. The van der Waals surface area contributed by atoms with E-state index in [2.05, 4.69) is 21.2 Å². The number of benzene rings is 1. The predicted octanol–water partition coefficient (Wildman–Crippen LogP) is 2.16. The van der Waals surface area contributed by atoms with E-state index in [0.29, 0.717) is 16.6 Å². The largest absolute Gasteiger partial charge is 0.369 e. The fourth-order valence-electron chi connectivity index (χ4n) is 1.87. The third-order valence-corrected chi connectivity index (χ3v) is 3.81. The standard InChI is InChI=1S/C13H16BrFN2O/c14-11-4-3-9(5-12(11)15)10(13(16)18)7-17-6-8-1-2-8/h3-5,8,10,17H,1-2,6-7H2,(H2,16,18)/t10-/m1/s1. The lowest BCUT2D eigenvalue weighted by molar-refractivity contribution is -0.119. The number of rotatable bonds is 6. The number of primary amides is 1. The average Bonchev–Trinajstić information content (AvgIpc) is 3.12. The molecular weight excluding hydrogens is 299 g/mol. The Morgan fingerprint density at radius 3 is 2.83 bits per heavy atom. The maximum Gasteiger partial charge on any atom is 0.226 e. The predicted molar refractivity (Wildman–Crippen MR) is 71.6 cm³/mol. The van der Waals surface area contributed by atoms with Crippen LogP contribution in [0.2, 0.25) is 0 Å². The molecule has 1 aromatic carbocycles. The van der Waals surface area contributed by atoms with Crippen LogP contribution in [0.15, 0.2) is 22.7 Å². The van der Waals surface area contributed by atoms with Gasteiger partial charge in [-0.05, 0) is 58.9 Å². The molecule has 98 valence electrons. The van der Waals surface area contributed by atoms with Gasteiger partial charge in [-0.1, -0.05) is 6.07 Å². The Kier molecular flexibility index (Phi) is 4.35. The summed E-state index contributed by atoms with van der Waals surface area (Å²) in [5, 5.41) is 3.23. The highest BCUT2D eigenvalue weighted by Crippen LogP contribution is 2.28. The molecule has 1 saturated carbocycles. The molecule has 18 heavy (non-hydrogen) atoms. The molecule has 0 spiro atoms. The van der Waals surface area contributed by atoms with E-state index in [1.165, 1.54) is 18.9 Å². The number of nitrogens with one attached hydrogen (secondary N) is 1. The van der Waals surface area contributed by atoms with Gasteiger partial charge in [0.05, 0.1) is 10.4 Å². The summed E-state index contributed by atoms with van der Waals surface area (Å²) in [6.07, 6.45) is 2.50. The lowest BCUT2D eigenvalue weighted by Gasteiger charge is -2.15. The van der Waals surface area contributed by atoms with Gasteiger partial charge in [0, 0.05) is 6.54 Å². The molecule has 1 aliphatic carbocycles. The van der Waals surface area contributed by atoms with Gasteiger partial charge in [0.1, 0.15) is 5.82 Å². The summed E-state index contributed by atoms with van der Waals surface area (Å²) in [5.74, 6) is -0.549. The van der Waals surface area contributed by atoms with E-state index >= 15 is 0 Å². The molecule has 2 rings (SSSR count).